The van der Waals surface area contributed by atoms with Crippen LogP contribution in [0.1, 0.15) is 25.1 Å². The third-order valence-electron chi connectivity index (χ3n) is 2.89. The van der Waals surface area contributed by atoms with Gasteiger partial charge in [-0.05, 0) is 19.1 Å². The Kier molecular flexibility index (Phi) is 5.45. The summed E-state index contributed by atoms with van der Waals surface area (Å²) in [6.45, 7) is 6.79. The Morgan fingerprint density at radius 3 is 2.67 bits per heavy atom. The first-order valence-electron chi connectivity index (χ1n) is 6.77. The molecule has 3 nitrogen and oxygen atoms in total. The summed E-state index contributed by atoms with van der Waals surface area (Å²) in [6.07, 6.45) is 1.82. The van der Waals surface area contributed by atoms with E-state index >= 15 is 0 Å². The minimum absolute atomic E-state index is 0.383. The van der Waals surface area contributed by atoms with Gasteiger partial charge in [0, 0.05) is 47.2 Å². The average molecular weight is 325 g/mol. The summed E-state index contributed by atoms with van der Waals surface area (Å²) < 4.78 is 5.94. The van der Waals surface area contributed by atoms with Crippen LogP contribution in [0.4, 0.5) is 0 Å². The van der Waals surface area contributed by atoms with Gasteiger partial charge in [-0.1, -0.05) is 37.0 Å². The van der Waals surface area contributed by atoms with E-state index in [1.54, 1.807) is 18.2 Å². The molecular weight excluding hydrogens is 307 g/mol. The summed E-state index contributed by atoms with van der Waals surface area (Å²) in [5.74, 6) is 1.28. The maximum Gasteiger partial charge on any atom is 0.147 e. The van der Waals surface area contributed by atoms with Crippen molar-refractivity contribution < 1.29 is 4.74 Å². The van der Waals surface area contributed by atoms with Gasteiger partial charge >= 0.3 is 0 Å². The van der Waals surface area contributed by atoms with Crippen molar-refractivity contribution in [3.05, 3.63) is 51.8 Å². The van der Waals surface area contributed by atoms with Crippen LogP contribution in [0.15, 0.2) is 30.5 Å². The highest BCUT2D eigenvalue weighted by Gasteiger charge is 2.10. The summed E-state index contributed by atoms with van der Waals surface area (Å²) in [4.78, 5) is 4.32. The number of ether oxygens (including phenoxy) is 1. The van der Waals surface area contributed by atoms with Gasteiger partial charge in [-0.15, -0.1) is 0 Å². The molecular formula is C16H18Cl2N2O. The Hall–Kier alpha value is -1.29. The van der Waals surface area contributed by atoms with Gasteiger partial charge in [0.2, 0.25) is 0 Å². The zero-order chi connectivity index (χ0) is 15.4. The molecule has 0 saturated heterocycles. The van der Waals surface area contributed by atoms with E-state index in [4.69, 9.17) is 27.9 Å². The molecule has 1 heterocycles. The fourth-order valence-corrected chi connectivity index (χ4v) is 2.10. The third-order valence-corrected chi connectivity index (χ3v) is 3.44. The highest BCUT2D eigenvalue weighted by atomic mass is 35.5. The van der Waals surface area contributed by atoms with Crippen molar-refractivity contribution in [2.45, 2.75) is 33.4 Å². The van der Waals surface area contributed by atoms with Gasteiger partial charge < -0.3 is 10.1 Å². The van der Waals surface area contributed by atoms with Crippen molar-refractivity contribution in [2.24, 2.45) is 0 Å². The van der Waals surface area contributed by atoms with E-state index < -0.39 is 0 Å². The van der Waals surface area contributed by atoms with Crippen LogP contribution in [-0.4, -0.2) is 11.0 Å². The first-order chi connectivity index (χ1) is 9.95. The number of pyridine rings is 1. The van der Waals surface area contributed by atoms with E-state index in [1.165, 1.54) is 0 Å². The predicted molar refractivity (Wildman–Crippen MR) is 87.5 cm³/mol. The largest absolute Gasteiger partial charge is 0.455 e. The third kappa shape index (κ3) is 4.60. The molecule has 0 bridgehead atoms. The molecule has 0 aliphatic heterocycles. The molecule has 0 atom stereocenters. The van der Waals surface area contributed by atoms with Gasteiger partial charge in [-0.2, -0.15) is 0 Å². The van der Waals surface area contributed by atoms with Crippen LogP contribution in [0.2, 0.25) is 10.0 Å². The van der Waals surface area contributed by atoms with Crippen LogP contribution in [0.25, 0.3) is 0 Å². The number of aromatic nitrogens is 1. The molecule has 1 aromatic heterocycles. The lowest BCUT2D eigenvalue weighted by Crippen LogP contribution is -2.22. The first kappa shape index (κ1) is 16.1. The molecule has 0 spiro atoms. The summed E-state index contributed by atoms with van der Waals surface area (Å²) in [5, 5.41) is 4.46. The zero-order valence-electron chi connectivity index (χ0n) is 12.3. The van der Waals surface area contributed by atoms with Gasteiger partial charge in [0.15, 0.2) is 0 Å². The number of halogens is 2. The number of aryl methyl sites for hydroxylation is 1. The van der Waals surface area contributed by atoms with Crippen LogP contribution < -0.4 is 10.1 Å². The second-order valence-corrected chi connectivity index (χ2v) is 5.99. The second-order valence-electron chi connectivity index (χ2n) is 5.15. The van der Waals surface area contributed by atoms with Crippen LogP contribution in [0.5, 0.6) is 11.5 Å². The predicted octanol–water partition coefficient (Wildman–Crippen LogP) is 4.99. The Morgan fingerprint density at radius 1 is 1.19 bits per heavy atom. The minimum atomic E-state index is 0.383. The Morgan fingerprint density at radius 2 is 1.95 bits per heavy atom. The smallest absolute Gasteiger partial charge is 0.147 e. The average Bonchev–Trinajstić information content (AvgIpc) is 2.42. The molecule has 0 aliphatic carbocycles. The quantitative estimate of drug-likeness (QED) is 0.841. The van der Waals surface area contributed by atoms with Crippen LogP contribution >= 0.6 is 23.2 Å². The summed E-state index contributed by atoms with van der Waals surface area (Å²) in [5.41, 5.74) is 1.86. The number of hydrogen-bond donors (Lipinski definition) is 1. The van der Waals surface area contributed by atoms with Crippen molar-refractivity contribution in [3.8, 4) is 11.5 Å². The monoisotopic (exact) mass is 324 g/mol. The lowest BCUT2D eigenvalue weighted by molar-refractivity contribution is 0.468. The Labute approximate surface area is 135 Å². The Balaban J connectivity index is 2.29. The van der Waals surface area contributed by atoms with Gasteiger partial charge in [0.25, 0.3) is 0 Å². The molecule has 21 heavy (non-hydrogen) atoms. The molecule has 2 rings (SSSR count). The molecule has 0 fully saturated rings. The number of nitrogens with one attached hydrogen (secondary N) is 1. The Bertz CT molecular complexity index is 630. The normalized spacial score (nSPS) is 11.0. The SMILES string of the molecule is Cc1cc(Oc2cc(Cl)ccc2Cl)c(CNC(C)C)cn1. The molecule has 0 saturated carbocycles. The van der Waals surface area contributed by atoms with Crippen molar-refractivity contribution >= 4 is 23.2 Å². The molecule has 2 aromatic rings. The molecule has 112 valence electrons. The number of benzene rings is 1. The zero-order valence-corrected chi connectivity index (χ0v) is 13.8. The fourth-order valence-electron chi connectivity index (χ4n) is 1.78. The first-order valence-corrected chi connectivity index (χ1v) is 7.53. The van der Waals surface area contributed by atoms with Gasteiger partial charge in [0.1, 0.15) is 11.5 Å². The fraction of sp³-hybridized carbons (Fsp3) is 0.312. The van der Waals surface area contributed by atoms with Crippen molar-refractivity contribution in [1.29, 1.82) is 0 Å². The maximum absolute atomic E-state index is 6.15. The van der Waals surface area contributed by atoms with E-state index in [9.17, 15) is 0 Å². The van der Waals surface area contributed by atoms with E-state index in [0.29, 0.717) is 28.4 Å². The molecule has 0 aliphatic rings. The summed E-state index contributed by atoms with van der Waals surface area (Å²) in [6, 6.07) is 7.44. The van der Waals surface area contributed by atoms with E-state index in [-0.39, 0.29) is 0 Å². The minimum Gasteiger partial charge on any atom is -0.455 e. The maximum atomic E-state index is 6.15. The van der Waals surface area contributed by atoms with Crippen LogP contribution in [0.3, 0.4) is 0 Å². The highest BCUT2D eigenvalue weighted by molar-refractivity contribution is 6.34. The molecule has 1 N–H and O–H groups in total. The lowest BCUT2D eigenvalue weighted by atomic mass is 10.2. The van der Waals surface area contributed by atoms with Crippen LogP contribution in [0, 0.1) is 6.92 Å². The topological polar surface area (TPSA) is 34.1 Å². The van der Waals surface area contributed by atoms with Crippen molar-refractivity contribution in [3.63, 3.8) is 0 Å². The van der Waals surface area contributed by atoms with E-state index in [1.807, 2.05) is 19.2 Å². The summed E-state index contributed by atoms with van der Waals surface area (Å²) in [7, 11) is 0. The molecule has 0 radical (unpaired) electrons. The standard InChI is InChI=1S/C16H18Cl2N2O/c1-10(2)19-8-12-9-20-11(3)6-15(12)21-16-7-13(17)4-5-14(16)18/h4-7,9-10,19H,8H2,1-3H3. The molecule has 1 aromatic carbocycles. The molecule has 0 unspecified atom stereocenters. The molecule has 5 heteroatoms. The van der Waals surface area contributed by atoms with E-state index in [0.717, 1.165) is 17.0 Å². The number of hydrogen-bond acceptors (Lipinski definition) is 3. The van der Waals surface area contributed by atoms with Gasteiger partial charge in [-0.25, -0.2) is 0 Å². The van der Waals surface area contributed by atoms with Crippen LogP contribution in [-0.2, 0) is 6.54 Å². The lowest BCUT2D eigenvalue weighted by Gasteiger charge is -2.14. The highest BCUT2D eigenvalue weighted by Crippen LogP contribution is 2.33. The van der Waals surface area contributed by atoms with Gasteiger partial charge in [-0.3, -0.25) is 4.98 Å². The van der Waals surface area contributed by atoms with Crippen molar-refractivity contribution in [2.75, 3.05) is 0 Å². The van der Waals surface area contributed by atoms with Crippen molar-refractivity contribution in [1.82, 2.24) is 10.3 Å². The molecule has 0 amide bonds. The van der Waals surface area contributed by atoms with Gasteiger partial charge in [0.05, 0.1) is 5.02 Å². The number of nitrogens with zero attached hydrogens (tertiary/aromatic N) is 1. The number of rotatable bonds is 5. The van der Waals surface area contributed by atoms with E-state index in [2.05, 4.69) is 24.1 Å². The second kappa shape index (κ2) is 7.12. The summed E-state index contributed by atoms with van der Waals surface area (Å²) >= 11 is 12.1.